The summed E-state index contributed by atoms with van der Waals surface area (Å²) in [4.78, 5) is 9.07. The van der Waals surface area contributed by atoms with Crippen LogP contribution in [-0.2, 0) is 0 Å². The van der Waals surface area contributed by atoms with Crippen LogP contribution < -0.4 is 16.0 Å². The van der Waals surface area contributed by atoms with Crippen molar-refractivity contribution in [3.63, 3.8) is 0 Å². The highest BCUT2D eigenvalue weighted by Crippen LogP contribution is 2.18. The molecule has 2 rings (SSSR count). The summed E-state index contributed by atoms with van der Waals surface area (Å²) in [5.41, 5.74) is -0.0572. The summed E-state index contributed by atoms with van der Waals surface area (Å²) >= 11 is 16.4. The molecule has 1 heterocycles. The normalized spacial score (nSPS) is 23.0. The molecule has 98 valence electrons. The zero-order valence-electron chi connectivity index (χ0n) is 10.4. The van der Waals surface area contributed by atoms with Crippen LogP contribution in [0.4, 0.5) is 0 Å². The molecule has 18 heavy (non-hydrogen) atoms. The lowest BCUT2D eigenvalue weighted by molar-refractivity contribution is 0.351. The molecule has 1 aliphatic heterocycles. The van der Waals surface area contributed by atoms with E-state index in [1.807, 2.05) is 0 Å². The van der Waals surface area contributed by atoms with Gasteiger partial charge in [0.1, 0.15) is 11.5 Å². The predicted molar refractivity (Wildman–Crippen MR) is 78.2 cm³/mol. The first kappa shape index (κ1) is 14.1. The topological polar surface area (TPSA) is 36.8 Å². The second-order valence-electron chi connectivity index (χ2n) is 5.27. The highest BCUT2D eigenvalue weighted by Gasteiger charge is 2.24. The Morgan fingerprint density at radius 2 is 1.61 bits per heavy atom. The van der Waals surface area contributed by atoms with Crippen molar-refractivity contribution in [2.75, 3.05) is 0 Å². The van der Waals surface area contributed by atoms with Crippen molar-refractivity contribution in [2.45, 2.75) is 37.8 Å². The van der Waals surface area contributed by atoms with E-state index in [1.165, 1.54) is 0 Å². The molecule has 0 spiro atoms. The van der Waals surface area contributed by atoms with Crippen molar-refractivity contribution < 1.29 is 0 Å². The summed E-state index contributed by atoms with van der Waals surface area (Å²) in [5.74, 6) is 0. The maximum atomic E-state index is 5.99. The Labute approximate surface area is 122 Å². The predicted octanol–water partition coefficient (Wildman–Crippen LogP) is 2.22. The number of rotatable bonds is 1. The molecule has 0 bridgehead atoms. The van der Waals surface area contributed by atoms with E-state index in [1.54, 1.807) is 12.1 Å². The fourth-order valence-corrected chi connectivity index (χ4v) is 2.29. The van der Waals surface area contributed by atoms with Crippen molar-refractivity contribution in [3.8, 4) is 0 Å². The van der Waals surface area contributed by atoms with Crippen LogP contribution in [0.25, 0.3) is 0 Å². The van der Waals surface area contributed by atoms with Crippen LogP contribution in [0.5, 0.6) is 0 Å². The second-order valence-corrected chi connectivity index (χ2v) is 6.61. The van der Waals surface area contributed by atoms with E-state index in [2.05, 4.69) is 48.7 Å². The molecule has 0 aromatic heterocycles. The average molecular weight is 304 g/mol. The summed E-state index contributed by atoms with van der Waals surface area (Å²) in [6.45, 7) is 6.23. The Morgan fingerprint density at radius 3 is 2.11 bits per heavy atom. The van der Waals surface area contributed by atoms with Crippen molar-refractivity contribution >= 4 is 35.8 Å². The molecule has 0 saturated heterocycles. The Bertz CT molecular complexity index is 580. The van der Waals surface area contributed by atoms with Crippen LogP contribution in [0.3, 0.4) is 0 Å². The number of halogens is 2. The summed E-state index contributed by atoms with van der Waals surface area (Å²) in [5, 5.41) is 5.59. The smallest absolute Gasteiger partial charge is 0.132 e. The lowest BCUT2D eigenvalue weighted by Gasteiger charge is -2.29. The standard InChI is InChI=1S/C12H15Cl2N3S/c1-12(2,3)17-10-11(18)16-9-5-7(14)6(13)4-8(9)15-10/h4-5,10-11,17-18H,1-3H3/t10?,11-/m0/s1. The van der Waals surface area contributed by atoms with Crippen molar-refractivity contribution in [1.82, 2.24) is 5.32 Å². The molecule has 1 N–H and O–H groups in total. The molecule has 6 heteroatoms. The third-order valence-corrected chi connectivity index (χ3v) is 3.55. The summed E-state index contributed by atoms with van der Waals surface area (Å²) in [6.07, 6.45) is -0.168. The number of nitrogens with one attached hydrogen (secondary N) is 1. The van der Waals surface area contributed by atoms with Crippen LogP contribution in [-0.4, -0.2) is 17.1 Å². The number of hydrogen-bond donors (Lipinski definition) is 2. The minimum Gasteiger partial charge on any atom is -0.288 e. The van der Waals surface area contributed by atoms with Crippen LogP contribution in [0.15, 0.2) is 22.1 Å². The monoisotopic (exact) mass is 303 g/mol. The highest BCUT2D eigenvalue weighted by molar-refractivity contribution is 7.81. The Kier molecular flexibility index (Phi) is 3.93. The highest BCUT2D eigenvalue weighted by atomic mass is 35.5. The van der Waals surface area contributed by atoms with Gasteiger partial charge in [-0.1, -0.05) is 23.2 Å². The van der Waals surface area contributed by atoms with Gasteiger partial charge in [-0.15, -0.1) is 12.6 Å². The van der Waals surface area contributed by atoms with Crippen LogP contribution >= 0.6 is 35.8 Å². The molecule has 0 saturated carbocycles. The van der Waals surface area contributed by atoms with Gasteiger partial charge in [0.15, 0.2) is 0 Å². The van der Waals surface area contributed by atoms with E-state index in [9.17, 15) is 0 Å². The van der Waals surface area contributed by atoms with Gasteiger partial charge in [0.2, 0.25) is 0 Å². The van der Waals surface area contributed by atoms with Gasteiger partial charge in [-0.3, -0.25) is 15.3 Å². The van der Waals surface area contributed by atoms with Gasteiger partial charge in [0.05, 0.1) is 20.8 Å². The lowest BCUT2D eigenvalue weighted by Crippen LogP contribution is -2.51. The number of fused-ring (bicyclic) bond motifs is 1. The molecule has 2 atom stereocenters. The number of thiol groups is 1. The first-order valence-electron chi connectivity index (χ1n) is 5.63. The Morgan fingerprint density at radius 1 is 1.11 bits per heavy atom. The lowest BCUT2D eigenvalue weighted by atomic mass is 10.1. The molecule has 0 amide bonds. The van der Waals surface area contributed by atoms with Crippen molar-refractivity contribution in [3.05, 3.63) is 32.9 Å². The van der Waals surface area contributed by atoms with E-state index in [-0.39, 0.29) is 17.1 Å². The molecular weight excluding hydrogens is 289 g/mol. The van der Waals surface area contributed by atoms with Gasteiger partial charge in [0.25, 0.3) is 0 Å². The van der Waals surface area contributed by atoms with Gasteiger partial charge in [-0.2, -0.15) is 0 Å². The van der Waals surface area contributed by atoms with E-state index in [4.69, 9.17) is 23.2 Å². The molecule has 1 unspecified atom stereocenters. The zero-order chi connectivity index (χ0) is 13.5. The molecule has 0 radical (unpaired) electrons. The van der Waals surface area contributed by atoms with Gasteiger partial charge in [0, 0.05) is 5.54 Å². The van der Waals surface area contributed by atoms with Crippen LogP contribution in [0.2, 0.25) is 10.0 Å². The third kappa shape index (κ3) is 3.18. The van der Waals surface area contributed by atoms with Crippen LogP contribution in [0.1, 0.15) is 20.8 Å². The second kappa shape index (κ2) is 5.00. The number of benzene rings is 1. The molecule has 1 aliphatic rings. The van der Waals surface area contributed by atoms with E-state index in [0.717, 1.165) is 10.7 Å². The van der Waals surface area contributed by atoms with Gasteiger partial charge in [-0.05, 0) is 32.9 Å². The fourth-order valence-electron chi connectivity index (χ4n) is 1.71. The maximum absolute atomic E-state index is 5.99. The van der Waals surface area contributed by atoms with E-state index >= 15 is 0 Å². The Hall–Kier alpha value is -0.290. The fraction of sp³-hybridized carbons (Fsp3) is 0.500. The largest absolute Gasteiger partial charge is 0.288 e. The zero-order valence-corrected chi connectivity index (χ0v) is 12.8. The minimum atomic E-state index is -0.228. The summed E-state index contributed by atoms with van der Waals surface area (Å²) in [7, 11) is 0. The van der Waals surface area contributed by atoms with Gasteiger partial charge in [-0.25, -0.2) is 0 Å². The minimum absolute atomic E-state index is 0.0572. The van der Waals surface area contributed by atoms with E-state index < -0.39 is 0 Å². The molecule has 0 fully saturated rings. The van der Waals surface area contributed by atoms with Crippen molar-refractivity contribution in [1.29, 1.82) is 0 Å². The molecule has 0 aliphatic carbocycles. The molecular formula is C12H15Cl2N3S. The van der Waals surface area contributed by atoms with Gasteiger partial charge < -0.3 is 0 Å². The maximum Gasteiger partial charge on any atom is 0.132 e. The summed E-state index contributed by atoms with van der Waals surface area (Å²) in [6, 6.07) is 3.46. The number of nitrogens with zero attached hydrogens (tertiary/aromatic N) is 2. The number of hydrogen-bond acceptors (Lipinski definition) is 4. The summed E-state index contributed by atoms with van der Waals surface area (Å²) < 4.78 is 0. The SMILES string of the molecule is CC(C)(C)NC1N=c2cc(Cl)c(Cl)cc2=N[C@H]1S. The third-order valence-electron chi connectivity index (χ3n) is 2.43. The van der Waals surface area contributed by atoms with Gasteiger partial charge >= 0.3 is 0 Å². The Balaban J connectivity index is 2.46. The first-order chi connectivity index (χ1) is 8.26. The molecule has 1 aromatic carbocycles. The molecule has 1 aromatic rings. The average Bonchev–Trinajstić information content (AvgIpc) is 2.20. The first-order valence-corrected chi connectivity index (χ1v) is 6.90. The molecule has 3 nitrogen and oxygen atoms in total. The van der Waals surface area contributed by atoms with Crippen molar-refractivity contribution in [2.24, 2.45) is 9.98 Å². The quantitative estimate of drug-likeness (QED) is 0.767. The van der Waals surface area contributed by atoms with E-state index in [0.29, 0.717) is 10.0 Å². The van der Waals surface area contributed by atoms with Crippen LogP contribution in [0, 0.1) is 0 Å².